The first-order valence-electron chi connectivity index (χ1n) is 7.12. The molecule has 1 unspecified atom stereocenters. The number of hydrogen-bond donors (Lipinski definition) is 2. The van der Waals surface area contributed by atoms with Crippen molar-refractivity contribution in [1.29, 1.82) is 0 Å². The number of aromatic amines is 1. The number of fused-ring (bicyclic) bond motifs is 1. The second kappa shape index (κ2) is 10.5. The number of aromatic nitrogens is 1. The second-order valence-corrected chi connectivity index (χ2v) is 4.18. The Balaban J connectivity index is 0.000000829. The fraction of sp³-hybridized carbons (Fsp3) is 0.438. The zero-order chi connectivity index (χ0) is 15.5. The van der Waals surface area contributed by atoms with E-state index in [0.29, 0.717) is 11.4 Å². The number of carbonyl (C=O) groups is 1. The maximum atomic E-state index is 10.8. The van der Waals surface area contributed by atoms with Gasteiger partial charge in [-0.25, -0.2) is 0 Å². The molecular weight excluding hydrogens is 272 g/mol. The van der Waals surface area contributed by atoms with Gasteiger partial charge in [0.05, 0.1) is 6.04 Å². The van der Waals surface area contributed by atoms with Crippen LogP contribution < -0.4 is 5.32 Å². The van der Waals surface area contributed by atoms with E-state index in [1.807, 2.05) is 52.1 Å². The predicted molar refractivity (Wildman–Crippen MR) is 88.6 cm³/mol. The van der Waals surface area contributed by atoms with E-state index in [0.717, 1.165) is 22.8 Å². The highest BCUT2D eigenvalue weighted by molar-refractivity contribution is 6.31. The van der Waals surface area contributed by atoms with Crippen LogP contribution in [0.1, 0.15) is 33.3 Å². The van der Waals surface area contributed by atoms with Crippen molar-refractivity contribution in [3.8, 4) is 0 Å². The summed E-state index contributed by atoms with van der Waals surface area (Å²) in [5.74, 6) is 0. The molecule has 20 heavy (non-hydrogen) atoms. The zero-order valence-electron chi connectivity index (χ0n) is 13.0. The number of hydrogen-bond acceptors (Lipinski definition) is 2. The standard InChI is InChI=1S/C12H13ClN2O.2C2H6/c1-14-10(7-16)4-8-6-15-12-5-9(13)2-3-11(8)12;2*1-2/h2-3,5-7,10,14-15H,4H2,1H3;2*1-2H3. The summed E-state index contributed by atoms with van der Waals surface area (Å²) in [6.45, 7) is 8.00. The third-order valence-corrected chi connectivity index (χ3v) is 2.94. The fourth-order valence-electron chi connectivity index (χ4n) is 1.78. The van der Waals surface area contributed by atoms with Crippen molar-refractivity contribution in [1.82, 2.24) is 10.3 Å². The van der Waals surface area contributed by atoms with Crippen molar-refractivity contribution in [2.75, 3.05) is 7.05 Å². The van der Waals surface area contributed by atoms with Crippen LogP contribution in [0.25, 0.3) is 10.9 Å². The van der Waals surface area contributed by atoms with E-state index in [4.69, 9.17) is 11.6 Å². The van der Waals surface area contributed by atoms with Gasteiger partial charge in [-0.15, -0.1) is 0 Å². The van der Waals surface area contributed by atoms with Gasteiger partial charge in [0.25, 0.3) is 0 Å². The van der Waals surface area contributed by atoms with Crippen LogP contribution in [-0.2, 0) is 11.2 Å². The molecule has 0 aliphatic rings. The summed E-state index contributed by atoms with van der Waals surface area (Å²) < 4.78 is 0. The van der Waals surface area contributed by atoms with Crippen LogP contribution >= 0.6 is 11.6 Å². The summed E-state index contributed by atoms with van der Waals surface area (Å²) in [7, 11) is 1.78. The molecule has 0 saturated heterocycles. The molecule has 0 aliphatic heterocycles. The van der Waals surface area contributed by atoms with Crippen LogP contribution in [-0.4, -0.2) is 24.4 Å². The van der Waals surface area contributed by atoms with Gasteiger partial charge in [0, 0.05) is 22.1 Å². The molecular formula is C16H25ClN2O. The average Bonchev–Trinajstić information content (AvgIpc) is 2.90. The van der Waals surface area contributed by atoms with Crippen molar-refractivity contribution in [2.45, 2.75) is 40.2 Å². The SMILES string of the molecule is CC.CC.CNC(C=O)Cc1c[nH]c2cc(Cl)ccc12. The highest BCUT2D eigenvalue weighted by atomic mass is 35.5. The summed E-state index contributed by atoms with van der Waals surface area (Å²) in [5.41, 5.74) is 2.13. The highest BCUT2D eigenvalue weighted by Gasteiger charge is 2.09. The zero-order valence-corrected chi connectivity index (χ0v) is 13.7. The lowest BCUT2D eigenvalue weighted by atomic mass is 10.1. The van der Waals surface area contributed by atoms with E-state index >= 15 is 0 Å². The topological polar surface area (TPSA) is 44.9 Å². The highest BCUT2D eigenvalue weighted by Crippen LogP contribution is 2.22. The number of nitrogens with one attached hydrogen (secondary N) is 2. The average molecular weight is 297 g/mol. The minimum atomic E-state index is -0.144. The molecule has 1 aromatic carbocycles. The quantitative estimate of drug-likeness (QED) is 0.830. The maximum Gasteiger partial charge on any atom is 0.137 e. The van der Waals surface area contributed by atoms with Gasteiger partial charge in [-0.2, -0.15) is 0 Å². The van der Waals surface area contributed by atoms with Gasteiger partial charge < -0.3 is 15.1 Å². The molecule has 1 aromatic heterocycles. The predicted octanol–water partition coefficient (Wildman–Crippen LogP) is 4.20. The van der Waals surface area contributed by atoms with Gasteiger partial charge in [0.15, 0.2) is 0 Å². The number of carbonyl (C=O) groups excluding carboxylic acids is 1. The molecule has 0 spiro atoms. The van der Waals surface area contributed by atoms with Crippen LogP contribution in [0.5, 0.6) is 0 Å². The van der Waals surface area contributed by atoms with Gasteiger partial charge in [0.1, 0.15) is 6.29 Å². The number of benzene rings is 1. The molecule has 112 valence electrons. The van der Waals surface area contributed by atoms with Crippen LogP contribution in [0.2, 0.25) is 5.02 Å². The van der Waals surface area contributed by atoms with E-state index < -0.39 is 0 Å². The van der Waals surface area contributed by atoms with Crippen LogP contribution in [0.4, 0.5) is 0 Å². The van der Waals surface area contributed by atoms with Crippen LogP contribution in [0.15, 0.2) is 24.4 Å². The minimum Gasteiger partial charge on any atom is -0.361 e. The Bertz CT molecular complexity index is 508. The molecule has 0 saturated carbocycles. The van der Waals surface area contributed by atoms with Crippen LogP contribution in [0.3, 0.4) is 0 Å². The third kappa shape index (κ3) is 4.99. The van der Waals surface area contributed by atoms with E-state index in [-0.39, 0.29) is 6.04 Å². The summed E-state index contributed by atoms with van der Waals surface area (Å²) >= 11 is 5.90. The molecule has 0 bridgehead atoms. The molecule has 2 rings (SSSR count). The molecule has 2 aromatic rings. The first-order chi connectivity index (χ1) is 9.74. The molecule has 0 aliphatic carbocycles. The Morgan fingerprint density at radius 2 is 1.95 bits per heavy atom. The minimum absolute atomic E-state index is 0.144. The lowest BCUT2D eigenvalue weighted by Gasteiger charge is -2.07. The van der Waals surface area contributed by atoms with Gasteiger partial charge in [-0.1, -0.05) is 45.4 Å². The van der Waals surface area contributed by atoms with E-state index in [2.05, 4.69) is 10.3 Å². The van der Waals surface area contributed by atoms with Crippen molar-refractivity contribution in [3.05, 3.63) is 35.0 Å². The maximum absolute atomic E-state index is 10.8. The molecule has 3 nitrogen and oxygen atoms in total. The summed E-state index contributed by atoms with van der Waals surface area (Å²) in [6, 6.07) is 5.57. The van der Waals surface area contributed by atoms with Crippen molar-refractivity contribution >= 4 is 28.8 Å². The van der Waals surface area contributed by atoms with E-state index in [1.165, 1.54) is 0 Å². The number of rotatable bonds is 4. The Kier molecular flexibility index (Phi) is 9.77. The monoisotopic (exact) mass is 296 g/mol. The van der Waals surface area contributed by atoms with Crippen molar-refractivity contribution in [2.24, 2.45) is 0 Å². The van der Waals surface area contributed by atoms with Gasteiger partial charge in [-0.05, 0) is 31.2 Å². The summed E-state index contributed by atoms with van der Waals surface area (Å²) in [6.07, 6.45) is 3.53. The second-order valence-electron chi connectivity index (χ2n) is 3.74. The van der Waals surface area contributed by atoms with E-state index in [1.54, 1.807) is 7.05 Å². The Hall–Kier alpha value is -1.32. The summed E-state index contributed by atoms with van der Waals surface area (Å²) in [5, 5.41) is 4.78. The normalized spacial score (nSPS) is 10.9. The van der Waals surface area contributed by atoms with Gasteiger partial charge in [-0.3, -0.25) is 0 Å². The molecule has 0 amide bonds. The Labute approximate surface area is 126 Å². The Morgan fingerprint density at radius 3 is 2.50 bits per heavy atom. The molecule has 4 heteroatoms. The molecule has 1 atom stereocenters. The molecule has 0 radical (unpaired) electrons. The number of likely N-dealkylation sites (N-methyl/N-ethyl adjacent to an activating group) is 1. The van der Waals surface area contributed by atoms with Crippen LogP contribution in [0, 0.1) is 0 Å². The number of aldehydes is 1. The van der Waals surface area contributed by atoms with Crippen molar-refractivity contribution < 1.29 is 4.79 Å². The molecule has 2 N–H and O–H groups in total. The number of halogens is 1. The Morgan fingerprint density at radius 1 is 1.30 bits per heavy atom. The fourth-order valence-corrected chi connectivity index (χ4v) is 1.95. The first-order valence-corrected chi connectivity index (χ1v) is 7.50. The van der Waals surface area contributed by atoms with E-state index in [9.17, 15) is 4.79 Å². The lowest BCUT2D eigenvalue weighted by Crippen LogP contribution is -2.28. The first kappa shape index (κ1) is 18.7. The smallest absolute Gasteiger partial charge is 0.137 e. The van der Waals surface area contributed by atoms with Gasteiger partial charge >= 0.3 is 0 Å². The number of H-pyrrole nitrogens is 1. The van der Waals surface area contributed by atoms with Crippen molar-refractivity contribution in [3.63, 3.8) is 0 Å². The van der Waals surface area contributed by atoms with Gasteiger partial charge in [0.2, 0.25) is 0 Å². The third-order valence-electron chi connectivity index (χ3n) is 2.70. The molecule has 0 fully saturated rings. The lowest BCUT2D eigenvalue weighted by molar-refractivity contribution is -0.109. The molecule has 1 heterocycles. The summed E-state index contributed by atoms with van der Waals surface area (Å²) in [4.78, 5) is 13.9. The largest absolute Gasteiger partial charge is 0.361 e.